The van der Waals surface area contributed by atoms with Crippen molar-refractivity contribution in [1.29, 1.82) is 0 Å². The van der Waals surface area contributed by atoms with Crippen LogP contribution in [0, 0.1) is 5.82 Å². The Morgan fingerprint density at radius 1 is 1.50 bits per heavy atom. The smallest absolute Gasteiger partial charge is 0.268 e. The molecule has 0 aliphatic heterocycles. The highest BCUT2D eigenvalue weighted by molar-refractivity contribution is 9.10. The molecule has 12 heavy (non-hydrogen) atoms. The predicted octanol–water partition coefficient (Wildman–Crippen LogP) is 2.50. The van der Waals surface area contributed by atoms with Crippen molar-refractivity contribution in [2.24, 2.45) is 0 Å². The van der Waals surface area contributed by atoms with Crippen LogP contribution in [0.5, 0.6) is 0 Å². The summed E-state index contributed by atoms with van der Waals surface area (Å²) >= 11 is 2.81. The Balaban J connectivity index is 3.27. The SMILES string of the molecule is Nc1c(Br)ncc(C(F)F)c1F. The summed E-state index contributed by atoms with van der Waals surface area (Å²) in [6.45, 7) is 0. The van der Waals surface area contributed by atoms with Gasteiger partial charge in [0.25, 0.3) is 6.43 Å². The maximum absolute atomic E-state index is 12.8. The van der Waals surface area contributed by atoms with Crippen molar-refractivity contribution >= 4 is 21.6 Å². The zero-order chi connectivity index (χ0) is 9.30. The Hall–Kier alpha value is -0.780. The first-order chi connectivity index (χ1) is 5.54. The number of aromatic nitrogens is 1. The van der Waals surface area contributed by atoms with Gasteiger partial charge in [0.1, 0.15) is 10.3 Å². The zero-order valence-corrected chi connectivity index (χ0v) is 7.28. The number of alkyl halides is 2. The van der Waals surface area contributed by atoms with Gasteiger partial charge < -0.3 is 5.73 Å². The molecular formula is C6H4BrF3N2. The molecule has 0 fully saturated rings. The second-order valence-electron chi connectivity index (χ2n) is 2.03. The van der Waals surface area contributed by atoms with E-state index in [0.717, 1.165) is 6.20 Å². The maximum atomic E-state index is 12.8. The first-order valence-corrected chi connectivity index (χ1v) is 3.71. The molecule has 0 spiro atoms. The fourth-order valence-corrected chi connectivity index (χ4v) is 0.927. The van der Waals surface area contributed by atoms with Gasteiger partial charge in [-0.3, -0.25) is 0 Å². The number of anilines is 1. The fraction of sp³-hybridized carbons (Fsp3) is 0.167. The first-order valence-electron chi connectivity index (χ1n) is 2.91. The van der Waals surface area contributed by atoms with Gasteiger partial charge in [-0.1, -0.05) is 0 Å². The minimum absolute atomic E-state index is 0.0319. The Morgan fingerprint density at radius 2 is 2.08 bits per heavy atom. The lowest BCUT2D eigenvalue weighted by molar-refractivity contribution is 0.146. The minimum atomic E-state index is -2.90. The lowest BCUT2D eigenvalue weighted by atomic mass is 10.2. The summed E-state index contributed by atoms with van der Waals surface area (Å²) in [5.74, 6) is -1.12. The van der Waals surface area contributed by atoms with Crippen molar-refractivity contribution in [3.05, 3.63) is 22.2 Å². The standard InChI is InChI=1S/C6H4BrF3N2/c7-5-4(11)3(8)2(1-12-5)6(9)10/h1,6H,11H2. The molecule has 2 N–H and O–H groups in total. The van der Waals surface area contributed by atoms with E-state index in [4.69, 9.17) is 5.73 Å². The van der Waals surface area contributed by atoms with Gasteiger partial charge in [-0.15, -0.1) is 0 Å². The Morgan fingerprint density at radius 3 is 2.58 bits per heavy atom. The molecule has 1 heterocycles. The molecule has 0 unspecified atom stereocenters. The summed E-state index contributed by atoms with van der Waals surface area (Å²) in [7, 11) is 0. The lowest BCUT2D eigenvalue weighted by Gasteiger charge is -2.04. The highest BCUT2D eigenvalue weighted by Gasteiger charge is 2.17. The van der Waals surface area contributed by atoms with Crippen LogP contribution in [-0.4, -0.2) is 4.98 Å². The normalized spacial score (nSPS) is 10.8. The van der Waals surface area contributed by atoms with E-state index in [1.165, 1.54) is 0 Å². The van der Waals surface area contributed by atoms with Crippen LogP contribution in [0.1, 0.15) is 12.0 Å². The molecule has 66 valence electrons. The summed E-state index contributed by atoms with van der Waals surface area (Å²) in [6.07, 6.45) is -2.15. The topological polar surface area (TPSA) is 38.9 Å². The van der Waals surface area contributed by atoms with Crippen LogP contribution in [0.15, 0.2) is 10.8 Å². The van der Waals surface area contributed by atoms with Crippen molar-refractivity contribution in [2.45, 2.75) is 6.43 Å². The van der Waals surface area contributed by atoms with Gasteiger partial charge in [-0.25, -0.2) is 18.2 Å². The first kappa shape index (κ1) is 9.31. The van der Waals surface area contributed by atoms with Gasteiger partial charge in [-0.2, -0.15) is 0 Å². The largest absolute Gasteiger partial charge is 0.394 e. The van der Waals surface area contributed by atoms with E-state index >= 15 is 0 Å². The van der Waals surface area contributed by atoms with Crippen LogP contribution in [0.4, 0.5) is 18.9 Å². The Bertz CT molecular complexity index is 303. The van der Waals surface area contributed by atoms with Crippen LogP contribution in [0.2, 0.25) is 0 Å². The van der Waals surface area contributed by atoms with Crippen LogP contribution < -0.4 is 5.73 Å². The lowest BCUT2D eigenvalue weighted by Crippen LogP contribution is -2.00. The molecule has 0 radical (unpaired) electrons. The fourth-order valence-electron chi connectivity index (χ4n) is 0.651. The molecule has 0 amide bonds. The van der Waals surface area contributed by atoms with Crippen LogP contribution in [0.25, 0.3) is 0 Å². The number of halogens is 4. The van der Waals surface area contributed by atoms with E-state index in [2.05, 4.69) is 20.9 Å². The number of nitrogen functional groups attached to an aromatic ring is 1. The molecule has 1 rings (SSSR count). The van der Waals surface area contributed by atoms with Gasteiger partial charge in [0, 0.05) is 6.20 Å². The number of rotatable bonds is 1. The Kier molecular flexibility index (Phi) is 2.56. The molecule has 0 bridgehead atoms. The predicted molar refractivity (Wildman–Crippen MR) is 41.3 cm³/mol. The molecule has 0 aliphatic carbocycles. The summed E-state index contributed by atoms with van der Waals surface area (Å²) in [4.78, 5) is 3.43. The molecule has 0 atom stereocenters. The third-order valence-electron chi connectivity index (χ3n) is 1.26. The van der Waals surface area contributed by atoms with E-state index in [0.29, 0.717) is 0 Å². The van der Waals surface area contributed by atoms with Crippen molar-refractivity contribution in [1.82, 2.24) is 4.98 Å². The van der Waals surface area contributed by atoms with Gasteiger partial charge in [-0.05, 0) is 15.9 Å². The van der Waals surface area contributed by atoms with E-state index in [1.807, 2.05) is 0 Å². The van der Waals surface area contributed by atoms with Gasteiger partial charge >= 0.3 is 0 Å². The number of pyridine rings is 1. The summed E-state index contributed by atoms with van der Waals surface area (Å²) in [5, 5.41) is 0. The van der Waals surface area contributed by atoms with Crippen LogP contribution in [0.3, 0.4) is 0 Å². The number of hydrogen-bond acceptors (Lipinski definition) is 2. The molecule has 0 aliphatic rings. The quantitative estimate of drug-likeness (QED) is 0.767. The van der Waals surface area contributed by atoms with Crippen molar-refractivity contribution in [3.8, 4) is 0 Å². The zero-order valence-electron chi connectivity index (χ0n) is 5.69. The summed E-state index contributed by atoms with van der Waals surface area (Å²) in [5.41, 5.74) is 3.93. The number of hydrogen-bond donors (Lipinski definition) is 1. The second-order valence-corrected chi connectivity index (χ2v) is 2.78. The third kappa shape index (κ3) is 1.52. The number of nitrogens with two attached hydrogens (primary N) is 1. The highest BCUT2D eigenvalue weighted by Crippen LogP contribution is 2.28. The maximum Gasteiger partial charge on any atom is 0.268 e. The average molecular weight is 241 g/mol. The summed E-state index contributed by atoms with van der Waals surface area (Å²) < 4.78 is 36.8. The third-order valence-corrected chi connectivity index (χ3v) is 1.90. The molecule has 0 aromatic carbocycles. The molecule has 6 heteroatoms. The number of nitrogens with zero attached hydrogens (tertiary/aromatic N) is 1. The average Bonchev–Trinajstić information content (AvgIpc) is 2.00. The van der Waals surface area contributed by atoms with Gasteiger partial charge in [0.2, 0.25) is 0 Å². The van der Waals surface area contributed by atoms with Crippen molar-refractivity contribution < 1.29 is 13.2 Å². The van der Waals surface area contributed by atoms with E-state index in [1.54, 1.807) is 0 Å². The highest BCUT2D eigenvalue weighted by atomic mass is 79.9. The minimum Gasteiger partial charge on any atom is -0.394 e. The molecule has 0 saturated heterocycles. The summed E-state index contributed by atoms with van der Waals surface area (Å²) in [6, 6.07) is 0. The van der Waals surface area contributed by atoms with Crippen molar-refractivity contribution in [3.63, 3.8) is 0 Å². The van der Waals surface area contributed by atoms with Gasteiger partial charge in [0.15, 0.2) is 5.82 Å². The van der Waals surface area contributed by atoms with Gasteiger partial charge in [0.05, 0.1) is 5.56 Å². The van der Waals surface area contributed by atoms with E-state index < -0.39 is 23.5 Å². The second kappa shape index (κ2) is 3.30. The van der Waals surface area contributed by atoms with E-state index in [-0.39, 0.29) is 4.60 Å². The Labute approximate surface area is 74.7 Å². The van der Waals surface area contributed by atoms with Crippen LogP contribution >= 0.6 is 15.9 Å². The molecule has 1 aromatic heterocycles. The monoisotopic (exact) mass is 240 g/mol. The van der Waals surface area contributed by atoms with Crippen molar-refractivity contribution in [2.75, 3.05) is 5.73 Å². The van der Waals surface area contributed by atoms with E-state index in [9.17, 15) is 13.2 Å². The molecule has 0 saturated carbocycles. The van der Waals surface area contributed by atoms with Crippen LogP contribution in [-0.2, 0) is 0 Å². The molecular weight excluding hydrogens is 237 g/mol. The molecule has 1 aromatic rings. The molecule has 2 nitrogen and oxygen atoms in total.